The third kappa shape index (κ3) is 3.02. The summed E-state index contributed by atoms with van der Waals surface area (Å²) in [6.45, 7) is 1.05. The van der Waals surface area contributed by atoms with Gasteiger partial charge in [-0.3, -0.25) is 4.79 Å². The van der Waals surface area contributed by atoms with Crippen LogP contribution in [0, 0.1) is 0 Å². The quantitative estimate of drug-likeness (QED) is 0.760. The zero-order chi connectivity index (χ0) is 14.7. The second kappa shape index (κ2) is 6.11. The van der Waals surface area contributed by atoms with Gasteiger partial charge in [-0.05, 0) is 19.3 Å². The first-order valence-corrected chi connectivity index (χ1v) is 7.05. The summed E-state index contributed by atoms with van der Waals surface area (Å²) in [5, 5.41) is 11.9. The molecule has 2 saturated heterocycles. The summed E-state index contributed by atoms with van der Waals surface area (Å²) in [5.41, 5.74) is 0. The van der Waals surface area contributed by atoms with E-state index in [1.165, 1.54) is 4.90 Å². The highest BCUT2D eigenvalue weighted by molar-refractivity contribution is 5.90. The molecule has 2 rings (SSSR count). The summed E-state index contributed by atoms with van der Waals surface area (Å²) in [7, 11) is 1.69. The number of urea groups is 1. The number of carboxylic acids is 1. The summed E-state index contributed by atoms with van der Waals surface area (Å²) < 4.78 is 0. The Bertz CT molecular complexity index is 412. The fourth-order valence-electron chi connectivity index (χ4n) is 2.80. The van der Waals surface area contributed by atoms with Gasteiger partial charge in [-0.15, -0.1) is 0 Å². The first-order valence-electron chi connectivity index (χ1n) is 7.05. The molecule has 2 atom stereocenters. The van der Waals surface area contributed by atoms with Gasteiger partial charge in [-0.2, -0.15) is 0 Å². The lowest BCUT2D eigenvalue weighted by molar-refractivity contribution is -0.142. The maximum Gasteiger partial charge on any atom is 0.326 e. The summed E-state index contributed by atoms with van der Waals surface area (Å²) in [6, 6.07) is -1.75. The van der Waals surface area contributed by atoms with Gasteiger partial charge < -0.3 is 20.2 Å². The second-order valence-corrected chi connectivity index (χ2v) is 5.45. The van der Waals surface area contributed by atoms with Gasteiger partial charge in [0.2, 0.25) is 5.91 Å². The van der Waals surface area contributed by atoms with Crippen molar-refractivity contribution in [2.24, 2.45) is 0 Å². The second-order valence-electron chi connectivity index (χ2n) is 5.45. The summed E-state index contributed by atoms with van der Waals surface area (Å²) in [6.07, 6.45) is 3.59. The fraction of sp³-hybridized carbons (Fsp3) is 0.769. The average Bonchev–Trinajstić information content (AvgIpc) is 2.64. The molecular weight excluding hydrogens is 262 g/mol. The summed E-state index contributed by atoms with van der Waals surface area (Å²) in [5.74, 6) is -1.09. The Morgan fingerprint density at radius 1 is 1.20 bits per heavy atom. The number of amides is 3. The summed E-state index contributed by atoms with van der Waals surface area (Å²) in [4.78, 5) is 38.3. The van der Waals surface area contributed by atoms with Crippen molar-refractivity contribution in [1.29, 1.82) is 0 Å². The number of likely N-dealkylation sites (N-methyl/N-ethyl adjacent to an activating group) is 1. The minimum absolute atomic E-state index is 0.111. The molecule has 0 aromatic rings. The van der Waals surface area contributed by atoms with Crippen LogP contribution in [0.2, 0.25) is 0 Å². The summed E-state index contributed by atoms with van der Waals surface area (Å²) >= 11 is 0. The van der Waals surface area contributed by atoms with Crippen LogP contribution in [0.3, 0.4) is 0 Å². The zero-order valence-electron chi connectivity index (χ0n) is 11.7. The molecule has 2 aliphatic heterocycles. The van der Waals surface area contributed by atoms with Gasteiger partial charge in [-0.25, -0.2) is 9.59 Å². The maximum atomic E-state index is 12.3. The molecule has 2 fully saturated rings. The van der Waals surface area contributed by atoms with E-state index >= 15 is 0 Å². The Morgan fingerprint density at radius 3 is 2.55 bits per heavy atom. The largest absolute Gasteiger partial charge is 0.480 e. The molecule has 7 heteroatoms. The fourth-order valence-corrected chi connectivity index (χ4v) is 2.80. The van der Waals surface area contributed by atoms with Gasteiger partial charge in [0.1, 0.15) is 12.1 Å². The highest BCUT2D eigenvalue weighted by Crippen LogP contribution is 2.18. The van der Waals surface area contributed by atoms with Crippen LogP contribution in [0.4, 0.5) is 4.79 Å². The van der Waals surface area contributed by atoms with E-state index in [1.54, 1.807) is 11.9 Å². The predicted molar refractivity (Wildman–Crippen MR) is 71.2 cm³/mol. The molecule has 0 aromatic heterocycles. The third-order valence-electron chi connectivity index (χ3n) is 4.02. The Labute approximate surface area is 117 Å². The molecule has 0 bridgehead atoms. The first-order chi connectivity index (χ1) is 9.50. The van der Waals surface area contributed by atoms with Gasteiger partial charge in [0, 0.05) is 20.1 Å². The standard InChI is InChI=1S/C13H21N3O4/c1-15-8-6-9(11(15)17)14-13(20)16-7-4-2-3-5-10(16)12(18)19/h9-10H,2-8H2,1H3,(H,14,20)(H,18,19). The van der Waals surface area contributed by atoms with E-state index in [9.17, 15) is 19.5 Å². The molecule has 0 saturated carbocycles. The van der Waals surface area contributed by atoms with E-state index in [2.05, 4.69) is 5.32 Å². The van der Waals surface area contributed by atoms with Crippen LogP contribution in [0.5, 0.6) is 0 Å². The molecule has 7 nitrogen and oxygen atoms in total. The molecule has 3 amide bonds. The van der Waals surface area contributed by atoms with Crippen molar-refractivity contribution in [3.8, 4) is 0 Å². The highest BCUT2D eigenvalue weighted by Gasteiger charge is 2.35. The topological polar surface area (TPSA) is 90.0 Å². The Balaban J connectivity index is 2.02. The van der Waals surface area contributed by atoms with Crippen molar-refractivity contribution >= 4 is 17.9 Å². The van der Waals surface area contributed by atoms with Gasteiger partial charge in [0.15, 0.2) is 0 Å². The van der Waals surface area contributed by atoms with Gasteiger partial charge in [-0.1, -0.05) is 12.8 Å². The molecule has 2 unspecified atom stereocenters. The SMILES string of the molecule is CN1CCC(NC(=O)N2CCCCCC2C(=O)O)C1=O. The minimum Gasteiger partial charge on any atom is -0.480 e. The molecule has 20 heavy (non-hydrogen) atoms. The first kappa shape index (κ1) is 14.6. The van der Waals surface area contributed by atoms with E-state index in [1.807, 2.05) is 0 Å². The number of nitrogens with zero attached hydrogens (tertiary/aromatic N) is 2. The van der Waals surface area contributed by atoms with Crippen LogP contribution >= 0.6 is 0 Å². The molecule has 2 aliphatic rings. The molecule has 2 heterocycles. The number of carboxylic acid groups (broad SMARTS) is 1. The van der Waals surface area contributed by atoms with Gasteiger partial charge >= 0.3 is 12.0 Å². The van der Waals surface area contributed by atoms with Crippen molar-refractivity contribution in [2.45, 2.75) is 44.2 Å². The maximum absolute atomic E-state index is 12.3. The van der Waals surface area contributed by atoms with Crippen LogP contribution in [-0.4, -0.2) is 65.0 Å². The third-order valence-corrected chi connectivity index (χ3v) is 4.02. The van der Waals surface area contributed by atoms with Crippen LogP contribution in [0.1, 0.15) is 32.1 Å². The minimum atomic E-state index is -0.975. The van der Waals surface area contributed by atoms with Crippen LogP contribution < -0.4 is 5.32 Å². The number of nitrogens with one attached hydrogen (secondary N) is 1. The normalized spacial score (nSPS) is 27.4. The van der Waals surface area contributed by atoms with Crippen molar-refractivity contribution in [1.82, 2.24) is 15.1 Å². The number of carbonyl (C=O) groups excluding carboxylic acids is 2. The lowest BCUT2D eigenvalue weighted by Crippen LogP contribution is -2.53. The molecule has 2 N–H and O–H groups in total. The number of rotatable bonds is 2. The molecular formula is C13H21N3O4. The number of carbonyl (C=O) groups is 3. The Kier molecular flexibility index (Phi) is 4.46. The van der Waals surface area contributed by atoms with E-state index in [0.29, 0.717) is 25.9 Å². The molecule has 0 aliphatic carbocycles. The highest BCUT2D eigenvalue weighted by atomic mass is 16.4. The van der Waals surface area contributed by atoms with E-state index in [4.69, 9.17) is 0 Å². The van der Waals surface area contributed by atoms with E-state index in [0.717, 1.165) is 19.3 Å². The Morgan fingerprint density at radius 2 is 1.95 bits per heavy atom. The van der Waals surface area contributed by atoms with Crippen molar-refractivity contribution in [2.75, 3.05) is 20.1 Å². The molecule has 0 aromatic carbocycles. The van der Waals surface area contributed by atoms with E-state index < -0.39 is 24.1 Å². The Hall–Kier alpha value is -1.79. The van der Waals surface area contributed by atoms with Crippen LogP contribution in [0.15, 0.2) is 0 Å². The van der Waals surface area contributed by atoms with Gasteiger partial charge in [0.25, 0.3) is 0 Å². The average molecular weight is 283 g/mol. The lowest BCUT2D eigenvalue weighted by Gasteiger charge is -2.28. The van der Waals surface area contributed by atoms with Crippen LogP contribution in [0.25, 0.3) is 0 Å². The van der Waals surface area contributed by atoms with Gasteiger partial charge in [0.05, 0.1) is 0 Å². The van der Waals surface area contributed by atoms with Crippen molar-refractivity contribution in [3.05, 3.63) is 0 Å². The number of hydrogen-bond donors (Lipinski definition) is 2. The monoisotopic (exact) mass is 283 g/mol. The lowest BCUT2D eigenvalue weighted by atomic mass is 10.1. The molecule has 112 valence electrons. The number of aliphatic carboxylic acids is 1. The number of hydrogen-bond acceptors (Lipinski definition) is 3. The predicted octanol–water partition coefficient (Wildman–Crippen LogP) is 0.256. The van der Waals surface area contributed by atoms with Crippen molar-refractivity contribution < 1.29 is 19.5 Å². The molecule has 0 spiro atoms. The molecule has 0 radical (unpaired) electrons. The smallest absolute Gasteiger partial charge is 0.326 e. The zero-order valence-corrected chi connectivity index (χ0v) is 11.7. The van der Waals surface area contributed by atoms with E-state index in [-0.39, 0.29) is 5.91 Å². The number of likely N-dealkylation sites (tertiary alicyclic amines) is 2. The van der Waals surface area contributed by atoms with Crippen molar-refractivity contribution in [3.63, 3.8) is 0 Å². The van der Waals surface area contributed by atoms with Crippen LogP contribution in [-0.2, 0) is 9.59 Å².